The first kappa shape index (κ1) is 17.2. The second kappa shape index (κ2) is 6.05. The molecule has 0 radical (unpaired) electrons. The Balaban J connectivity index is 1.56. The fourth-order valence-electron chi connectivity index (χ4n) is 3.04. The Bertz CT molecular complexity index is 718. The van der Waals surface area contributed by atoms with E-state index in [-0.39, 0.29) is 17.6 Å². The molecule has 4 N–H and O–H groups in total. The van der Waals surface area contributed by atoms with Gasteiger partial charge in [-0.15, -0.1) is 0 Å². The van der Waals surface area contributed by atoms with Crippen LogP contribution in [-0.2, 0) is 4.79 Å². The molecule has 1 aromatic rings. The van der Waals surface area contributed by atoms with Crippen molar-refractivity contribution in [3.05, 3.63) is 17.3 Å². The zero-order valence-electron chi connectivity index (χ0n) is 14.6. The molecular weight excluding hydrogens is 326 g/mol. The first-order chi connectivity index (χ1) is 11.7. The average Bonchev–Trinajstić information content (AvgIpc) is 3.25. The summed E-state index contributed by atoms with van der Waals surface area (Å²) in [6.45, 7) is 5.88. The van der Waals surface area contributed by atoms with Crippen molar-refractivity contribution in [1.29, 1.82) is 0 Å². The Morgan fingerprint density at radius 1 is 1.36 bits per heavy atom. The maximum atomic E-state index is 12.5. The molecule has 0 spiro atoms. The summed E-state index contributed by atoms with van der Waals surface area (Å²) < 4.78 is 5.61. The molecule has 136 valence electrons. The molecule has 1 unspecified atom stereocenters. The van der Waals surface area contributed by atoms with Crippen molar-refractivity contribution in [2.75, 3.05) is 13.1 Å². The van der Waals surface area contributed by atoms with E-state index in [9.17, 15) is 14.4 Å². The highest BCUT2D eigenvalue weighted by molar-refractivity contribution is 5.93. The molecule has 1 atom stereocenters. The SMILES string of the molecule is Cc1nc(C2CC2)oc1C(=O)NC1(C)CN(C(=O)C(C)NC(N)=O)C1. The monoisotopic (exact) mass is 349 g/mol. The molecule has 2 heterocycles. The van der Waals surface area contributed by atoms with Crippen LogP contribution in [0.5, 0.6) is 0 Å². The Morgan fingerprint density at radius 3 is 2.56 bits per heavy atom. The molecule has 1 aromatic heterocycles. The smallest absolute Gasteiger partial charge is 0.312 e. The maximum Gasteiger partial charge on any atom is 0.312 e. The molecule has 2 fully saturated rings. The summed E-state index contributed by atoms with van der Waals surface area (Å²) in [6, 6.07) is -1.44. The van der Waals surface area contributed by atoms with Crippen LogP contribution in [0.2, 0.25) is 0 Å². The van der Waals surface area contributed by atoms with Gasteiger partial charge in [-0.25, -0.2) is 9.78 Å². The predicted octanol–water partition coefficient (Wildman–Crippen LogP) is 0.248. The fraction of sp³-hybridized carbons (Fsp3) is 0.625. The second-order valence-corrected chi connectivity index (χ2v) is 7.18. The Kier molecular flexibility index (Phi) is 4.18. The summed E-state index contributed by atoms with van der Waals surface area (Å²) in [7, 11) is 0. The molecule has 4 amide bonds. The summed E-state index contributed by atoms with van der Waals surface area (Å²) in [5, 5.41) is 5.26. The van der Waals surface area contributed by atoms with Gasteiger partial charge in [-0.1, -0.05) is 0 Å². The van der Waals surface area contributed by atoms with Crippen LogP contribution in [0.1, 0.15) is 54.7 Å². The van der Waals surface area contributed by atoms with E-state index in [2.05, 4.69) is 15.6 Å². The number of aryl methyl sites for hydroxylation is 1. The van der Waals surface area contributed by atoms with E-state index in [1.165, 1.54) is 0 Å². The summed E-state index contributed by atoms with van der Waals surface area (Å²) in [5.74, 6) is 0.639. The van der Waals surface area contributed by atoms with Gasteiger partial charge in [0.1, 0.15) is 6.04 Å². The highest BCUT2D eigenvalue weighted by Crippen LogP contribution is 2.40. The average molecular weight is 349 g/mol. The molecule has 2 aliphatic rings. The molecule has 1 aliphatic carbocycles. The Morgan fingerprint density at radius 2 is 2.00 bits per heavy atom. The van der Waals surface area contributed by atoms with E-state index in [0.29, 0.717) is 30.6 Å². The van der Waals surface area contributed by atoms with Crippen molar-refractivity contribution in [3.63, 3.8) is 0 Å². The first-order valence-electron chi connectivity index (χ1n) is 8.33. The lowest BCUT2D eigenvalue weighted by Crippen LogP contribution is -2.71. The number of nitrogens with one attached hydrogen (secondary N) is 2. The van der Waals surface area contributed by atoms with E-state index < -0.39 is 17.6 Å². The topological polar surface area (TPSA) is 131 Å². The molecule has 1 aliphatic heterocycles. The minimum absolute atomic E-state index is 0.233. The predicted molar refractivity (Wildman–Crippen MR) is 87.8 cm³/mol. The number of oxazole rings is 1. The van der Waals surface area contributed by atoms with Gasteiger partial charge in [-0.05, 0) is 33.6 Å². The van der Waals surface area contributed by atoms with E-state index in [1.54, 1.807) is 18.7 Å². The van der Waals surface area contributed by atoms with Crippen LogP contribution in [0.15, 0.2) is 4.42 Å². The number of rotatable bonds is 5. The molecule has 9 nitrogen and oxygen atoms in total. The number of nitrogens with two attached hydrogens (primary N) is 1. The third-order valence-electron chi connectivity index (χ3n) is 4.48. The van der Waals surface area contributed by atoms with Gasteiger partial charge in [0, 0.05) is 19.0 Å². The number of hydrogen-bond acceptors (Lipinski definition) is 5. The number of carbonyl (C=O) groups excluding carboxylic acids is 3. The van der Waals surface area contributed by atoms with Crippen molar-refractivity contribution < 1.29 is 18.8 Å². The summed E-state index contributed by atoms with van der Waals surface area (Å²) in [5.41, 5.74) is 5.06. The van der Waals surface area contributed by atoms with Gasteiger partial charge in [0.05, 0.1) is 11.2 Å². The molecule has 25 heavy (non-hydrogen) atoms. The molecule has 1 saturated heterocycles. The number of likely N-dealkylation sites (tertiary alicyclic amines) is 1. The van der Waals surface area contributed by atoms with E-state index in [4.69, 9.17) is 10.2 Å². The number of nitrogens with zero attached hydrogens (tertiary/aromatic N) is 2. The highest BCUT2D eigenvalue weighted by Gasteiger charge is 2.44. The second-order valence-electron chi connectivity index (χ2n) is 7.18. The van der Waals surface area contributed by atoms with Crippen molar-refractivity contribution in [2.24, 2.45) is 5.73 Å². The van der Waals surface area contributed by atoms with E-state index in [0.717, 1.165) is 12.8 Å². The molecule has 0 aromatic carbocycles. The quantitative estimate of drug-likeness (QED) is 0.701. The van der Waals surface area contributed by atoms with Crippen LogP contribution >= 0.6 is 0 Å². The number of aromatic nitrogens is 1. The minimum atomic E-state index is -0.746. The molecule has 9 heteroatoms. The van der Waals surface area contributed by atoms with Gasteiger partial charge in [0.15, 0.2) is 5.89 Å². The van der Waals surface area contributed by atoms with Crippen LogP contribution < -0.4 is 16.4 Å². The lowest BCUT2D eigenvalue weighted by Gasteiger charge is -2.48. The molecule has 0 bridgehead atoms. The van der Waals surface area contributed by atoms with E-state index in [1.807, 2.05) is 6.92 Å². The molecule has 3 rings (SSSR count). The number of amides is 4. The first-order valence-corrected chi connectivity index (χ1v) is 8.33. The van der Waals surface area contributed by atoms with Crippen LogP contribution in [0, 0.1) is 6.92 Å². The zero-order valence-corrected chi connectivity index (χ0v) is 14.6. The third-order valence-corrected chi connectivity index (χ3v) is 4.48. The maximum absolute atomic E-state index is 12.5. The van der Waals surface area contributed by atoms with Gasteiger partial charge in [-0.3, -0.25) is 9.59 Å². The van der Waals surface area contributed by atoms with E-state index >= 15 is 0 Å². The Hall–Kier alpha value is -2.58. The van der Waals surface area contributed by atoms with Crippen LogP contribution in [0.25, 0.3) is 0 Å². The molecular formula is C16H23N5O4. The van der Waals surface area contributed by atoms with Gasteiger partial charge in [-0.2, -0.15) is 0 Å². The molecule has 1 saturated carbocycles. The van der Waals surface area contributed by atoms with Crippen LogP contribution in [-0.4, -0.2) is 52.4 Å². The summed E-state index contributed by atoms with van der Waals surface area (Å²) in [6.07, 6.45) is 2.10. The lowest BCUT2D eigenvalue weighted by atomic mass is 9.91. The van der Waals surface area contributed by atoms with Crippen molar-refractivity contribution in [3.8, 4) is 0 Å². The van der Waals surface area contributed by atoms with Crippen molar-refractivity contribution >= 4 is 17.8 Å². The zero-order chi connectivity index (χ0) is 18.4. The third kappa shape index (κ3) is 3.59. The summed E-state index contributed by atoms with van der Waals surface area (Å²) >= 11 is 0. The van der Waals surface area contributed by atoms with Crippen molar-refractivity contribution in [2.45, 2.75) is 51.1 Å². The number of carbonyl (C=O) groups is 3. The Labute approximate surface area is 145 Å². The number of urea groups is 1. The summed E-state index contributed by atoms with van der Waals surface area (Å²) in [4.78, 5) is 41.3. The number of hydrogen-bond donors (Lipinski definition) is 3. The van der Waals surface area contributed by atoms with Crippen molar-refractivity contribution in [1.82, 2.24) is 20.5 Å². The highest BCUT2D eigenvalue weighted by atomic mass is 16.4. The van der Waals surface area contributed by atoms with Gasteiger partial charge >= 0.3 is 6.03 Å². The van der Waals surface area contributed by atoms with Crippen LogP contribution in [0.4, 0.5) is 4.79 Å². The van der Waals surface area contributed by atoms with Gasteiger partial charge < -0.3 is 25.7 Å². The minimum Gasteiger partial charge on any atom is -0.435 e. The largest absolute Gasteiger partial charge is 0.435 e. The van der Waals surface area contributed by atoms with Crippen LogP contribution in [0.3, 0.4) is 0 Å². The van der Waals surface area contributed by atoms with Gasteiger partial charge in [0.2, 0.25) is 11.7 Å². The normalized spacial score (nSPS) is 19.7. The fourth-order valence-corrected chi connectivity index (χ4v) is 3.04. The number of primary amides is 1. The standard InChI is InChI=1S/C16H23N5O4/c1-8-11(25-13(18-8)10-4-5-10)12(22)20-16(3)6-21(7-16)14(23)9(2)19-15(17)24/h9-10H,4-7H2,1-3H3,(H,20,22)(H3,17,19,24). The lowest BCUT2D eigenvalue weighted by molar-refractivity contribution is -0.140. The van der Waals surface area contributed by atoms with Gasteiger partial charge in [0.25, 0.3) is 5.91 Å².